The van der Waals surface area contributed by atoms with Crippen LogP contribution in [0.2, 0.25) is 0 Å². The van der Waals surface area contributed by atoms with Gasteiger partial charge in [-0.2, -0.15) is 11.8 Å². The summed E-state index contributed by atoms with van der Waals surface area (Å²) < 4.78 is 0. The molecule has 0 fully saturated rings. The summed E-state index contributed by atoms with van der Waals surface area (Å²) in [5.74, 6) is -2.58. The Bertz CT molecular complexity index is 830. The number of nitrogens with one attached hydrogen (secondary N) is 4. The minimum atomic E-state index is -1.26. The standard InChI is InChI=1S/C19H33N9O5S/c1-34-6-4-13(26-15(29)8-20)17(31)27-12(3-2-5-24-19(21)22)16(30)28-14(18(32)33)7-11-9-23-10-25-11/h9-10,12-14H,2-8,20H2,1H3,(H,23,25)(H,26,29)(H,27,31)(H,28,30)(H,32,33)(H4,21,22,24). The van der Waals surface area contributed by atoms with E-state index in [4.69, 9.17) is 17.2 Å². The number of carbonyl (C=O) groups excluding carboxylic acids is 3. The lowest BCUT2D eigenvalue weighted by Gasteiger charge is -2.24. The van der Waals surface area contributed by atoms with Crippen LogP contribution in [0, 0.1) is 0 Å². The average Bonchev–Trinajstić information content (AvgIpc) is 3.30. The van der Waals surface area contributed by atoms with Crippen molar-refractivity contribution in [2.24, 2.45) is 22.2 Å². The van der Waals surface area contributed by atoms with Crippen LogP contribution in [0.4, 0.5) is 0 Å². The van der Waals surface area contributed by atoms with Gasteiger partial charge < -0.3 is 43.2 Å². The molecule has 0 spiro atoms. The maximum atomic E-state index is 13.0. The molecule has 0 radical (unpaired) electrons. The van der Waals surface area contributed by atoms with E-state index in [1.165, 1.54) is 24.3 Å². The zero-order valence-corrected chi connectivity index (χ0v) is 19.8. The van der Waals surface area contributed by atoms with Gasteiger partial charge in [0.1, 0.15) is 18.1 Å². The molecule has 0 saturated carbocycles. The monoisotopic (exact) mass is 499 g/mol. The zero-order chi connectivity index (χ0) is 25.5. The fourth-order valence-electron chi connectivity index (χ4n) is 2.89. The number of imidazole rings is 1. The molecule has 34 heavy (non-hydrogen) atoms. The average molecular weight is 500 g/mol. The Morgan fingerprint density at radius 3 is 2.29 bits per heavy atom. The van der Waals surface area contributed by atoms with Crippen LogP contribution in [0.25, 0.3) is 0 Å². The van der Waals surface area contributed by atoms with Gasteiger partial charge in [0.25, 0.3) is 0 Å². The highest BCUT2D eigenvalue weighted by atomic mass is 32.2. The lowest BCUT2D eigenvalue weighted by atomic mass is 10.1. The molecule has 11 N–H and O–H groups in total. The van der Waals surface area contributed by atoms with E-state index in [9.17, 15) is 24.3 Å². The van der Waals surface area contributed by atoms with Crippen LogP contribution in [-0.2, 0) is 25.6 Å². The molecule has 0 bridgehead atoms. The van der Waals surface area contributed by atoms with Crippen molar-refractivity contribution in [1.82, 2.24) is 25.9 Å². The van der Waals surface area contributed by atoms with Gasteiger partial charge in [-0.3, -0.25) is 19.4 Å². The van der Waals surface area contributed by atoms with Crippen LogP contribution in [-0.4, -0.2) is 87.9 Å². The number of hydrogen-bond donors (Lipinski definition) is 8. The number of hydrogen-bond acceptors (Lipinski definition) is 8. The molecule has 1 rings (SSSR count). The van der Waals surface area contributed by atoms with E-state index in [1.54, 1.807) is 0 Å². The topological polar surface area (TPSA) is 244 Å². The Kier molecular flexibility index (Phi) is 13.1. The third kappa shape index (κ3) is 11.0. The van der Waals surface area contributed by atoms with Crippen molar-refractivity contribution >= 4 is 41.4 Å². The first-order valence-electron chi connectivity index (χ1n) is 10.5. The fraction of sp³-hybridized carbons (Fsp3) is 0.579. The number of aliphatic carboxylic acids is 1. The molecule has 190 valence electrons. The lowest BCUT2D eigenvalue weighted by molar-refractivity contribution is -0.142. The summed E-state index contributed by atoms with van der Waals surface area (Å²) in [6, 6.07) is -3.25. The Balaban J connectivity index is 2.96. The molecule has 3 unspecified atom stereocenters. The highest BCUT2D eigenvalue weighted by molar-refractivity contribution is 7.98. The Labute approximate surface area is 201 Å². The predicted octanol–water partition coefficient (Wildman–Crippen LogP) is -2.74. The predicted molar refractivity (Wildman–Crippen MR) is 128 cm³/mol. The van der Waals surface area contributed by atoms with Crippen LogP contribution < -0.4 is 33.2 Å². The first-order chi connectivity index (χ1) is 16.2. The van der Waals surface area contributed by atoms with Gasteiger partial charge in [0.2, 0.25) is 17.7 Å². The summed E-state index contributed by atoms with van der Waals surface area (Å²) in [6.07, 6.45) is 5.45. The SMILES string of the molecule is CSCCC(NC(=O)CN)C(=O)NC(CCCN=C(N)N)C(=O)NC(Cc1cnc[nH]1)C(=O)O. The number of nitrogens with two attached hydrogens (primary N) is 3. The second-order valence-corrected chi connectivity index (χ2v) is 8.28. The number of aliphatic imine (C=N–C) groups is 1. The van der Waals surface area contributed by atoms with Crippen molar-refractivity contribution in [3.8, 4) is 0 Å². The van der Waals surface area contributed by atoms with E-state index in [2.05, 4.69) is 30.9 Å². The number of nitrogens with zero attached hydrogens (tertiary/aromatic N) is 2. The number of carbonyl (C=O) groups is 4. The van der Waals surface area contributed by atoms with Crippen molar-refractivity contribution < 1.29 is 24.3 Å². The van der Waals surface area contributed by atoms with Crippen molar-refractivity contribution in [1.29, 1.82) is 0 Å². The number of aromatic nitrogens is 2. The number of guanidine groups is 1. The Morgan fingerprint density at radius 1 is 1.12 bits per heavy atom. The molecule has 0 aromatic carbocycles. The molecule has 0 saturated heterocycles. The number of amides is 3. The van der Waals surface area contributed by atoms with Gasteiger partial charge in [-0.15, -0.1) is 0 Å². The second kappa shape index (κ2) is 15.5. The largest absolute Gasteiger partial charge is 0.480 e. The van der Waals surface area contributed by atoms with E-state index in [-0.39, 0.29) is 31.9 Å². The molecular weight excluding hydrogens is 466 g/mol. The number of rotatable bonds is 16. The van der Waals surface area contributed by atoms with Crippen molar-refractivity contribution in [3.63, 3.8) is 0 Å². The number of H-pyrrole nitrogens is 1. The molecule has 14 nitrogen and oxygen atoms in total. The molecule has 0 aliphatic rings. The van der Waals surface area contributed by atoms with Gasteiger partial charge in [0.15, 0.2) is 5.96 Å². The molecule has 1 aromatic rings. The zero-order valence-electron chi connectivity index (χ0n) is 19.0. The number of aromatic amines is 1. The number of carboxylic acid groups (broad SMARTS) is 1. The van der Waals surface area contributed by atoms with Crippen molar-refractivity contribution in [3.05, 3.63) is 18.2 Å². The van der Waals surface area contributed by atoms with Crippen LogP contribution in [0.1, 0.15) is 25.0 Å². The number of carboxylic acids is 1. The van der Waals surface area contributed by atoms with Gasteiger partial charge in [-0.05, 0) is 31.3 Å². The molecule has 3 amide bonds. The van der Waals surface area contributed by atoms with Crippen LogP contribution in [0.5, 0.6) is 0 Å². The minimum absolute atomic E-state index is 0.0291. The quantitative estimate of drug-likeness (QED) is 0.0662. The summed E-state index contributed by atoms with van der Waals surface area (Å²) >= 11 is 1.49. The molecule has 3 atom stereocenters. The molecule has 0 aliphatic heterocycles. The minimum Gasteiger partial charge on any atom is -0.480 e. The molecular formula is C19H33N9O5S. The highest BCUT2D eigenvalue weighted by Gasteiger charge is 2.29. The van der Waals surface area contributed by atoms with Crippen molar-refractivity contribution in [2.75, 3.05) is 25.1 Å². The van der Waals surface area contributed by atoms with Crippen LogP contribution >= 0.6 is 11.8 Å². The van der Waals surface area contributed by atoms with E-state index in [0.29, 0.717) is 24.3 Å². The Morgan fingerprint density at radius 2 is 1.76 bits per heavy atom. The summed E-state index contributed by atoms with van der Waals surface area (Å²) in [5, 5.41) is 17.1. The van der Waals surface area contributed by atoms with Gasteiger partial charge in [0, 0.05) is 24.9 Å². The first kappa shape index (κ1) is 28.7. The molecule has 15 heteroatoms. The number of thioether (sulfide) groups is 1. The maximum Gasteiger partial charge on any atom is 0.326 e. The summed E-state index contributed by atoms with van der Waals surface area (Å²) in [7, 11) is 0. The molecule has 1 aromatic heterocycles. The summed E-state index contributed by atoms with van der Waals surface area (Å²) in [4.78, 5) is 59.7. The summed E-state index contributed by atoms with van der Waals surface area (Å²) in [6.45, 7) is -0.0856. The van der Waals surface area contributed by atoms with Crippen molar-refractivity contribution in [2.45, 2.75) is 43.8 Å². The summed E-state index contributed by atoms with van der Waals surface area (Å²) in [5.41, 5.74) is 16.5. The van der Waals surface area contributed by atoms with Crippen LogP contribution in [0.15, 0.2) is 17.5 Å². The molecule has 0 aliphatic carbocycles. The lowest BCUT2D eigenvalue weighted by Crippen LogP contribution is -2.56. The van der Waals surface area contributed by atoms with Crippen LogP contribution in [0.3, 0.4) is 0 Å². The van der Waals surface area contributed by atoms with E-state index < -0.39 is 41.8 Å². The van der Waals surface area contributed by atoms with E-state index >= 15 is 0 Å². The van der Waals surface area contributed by atoms with Gasteiger partial charge in [-0.25, -0.2) is 9.78 Å². The maximum absolute atomic E-state index is 13.0. The third-order valence-electron chi connectivity index (χ3n) is 4.62. The van der Waals surface area contributed by atoms with Gasteiger partial charge >= 0.3 is 5.97 Å². The van der Waals surface area contributed by atoms with Gasteiger partial charge in [-0.1, -0.05) is 0 Å². The highest BCUT2D eigenvalue weighted by Crippen LogP contribution is 2.06. The van der Waals surface area contributed by atoms with E-state index in [0.717, 1.165) is 0 Å². The van der Waals surface area contributed by atoms with Gasteiger partial charge in [0.05, 0.1) is 12.9 Å². The normalized spacial score (nSPS) is 13.2. The molecule has 1 heterocycles. The smallest absolute Gasteiger partial charge is 0.326 e. The fourth-order valence-corrected chi connectivity index (χ4v) is 3.36. The second-order valence-electron chi connectivity index (χ2n) is 7.30. The third-order valence-corrected chi connectivity index (χ3v) is 5.26. The van der Waals surface area contributed by atoms with E-state index in [1.807, 2.05) is 6.26 Å². The Hall–Kier alpha value is -3.33. The first-order valence-corrected chi connectivity index (χ1v) is 11.9.